The third kappa shape index (κ3) is 2.91. The monoisotopic (exact) mass is 349 g/mol. The molecule has 0 spiro atoms. The second-order valence-corrected chi connectivity index (χ2v) is 7.06. The molecule has 1 N–H and O–H groups in total. The molecule has 0 unspecified atom stereocenters. The summed E-state index contributed by atoms with van der Waals surface area (Å²) in [6.07, 6.45) is 0.879. The van der Waals surface area contributed by atoms with Gasteiger partial charge < -0.3 is 10.2 Å². The van der Waals surface area contributed by atoms with E-state index >= 15 is 0 Å². The summed E-state index contributed by atoms with van der Waals surface area (Å²) in [5.41, 5.74) is 6.19. The van der Waals surface area contributed by atoms with Crippen LogP contribution in [0.25, 0.3) is 11.3 Å². The molecule has 0 saturated carbocycles. The number of hydrogen-bond acceptors (Lipinski definition) is 4. The first-order valence-corrected chi connectivity index (χ1v) is 9.19. The lowest BCUT2D eigenvalue weighted by Gasteiger charge is -2.17. The number of carbonyl (C=O) groups is 1. The van der Waals surface area contributed by atoms with Crippen molar-refractivity contribution in [2.75, 3.05) is 23.8 Å². The molecule has 2 heterocycles. The zero-order valence-electron chi connectivity index (χ0n) is 14.2. The fourth-order valence-electron chi connectivity index (χ4n) is 3.15. The Hall–Kier alpha value is -2.66. The third-order valence-electron chi connectivity index (χ3n) is 4.53. The molecule has 1 aliphatic heterocycles. The molecule has 0 atom stereocenters. The maximum Gasteiger partial charge on any atom is 0.258 e. The second kappa shape index (κ2) is 6.33. The maximum absolute atomic E-state index is 12.8. The van der Waals surface area contributed by atoms with Crippen LogP contribution in [0.2, 0.25) is 0 Å². The Morgan fingerprint density at radius 3 is 2.72 bits per heavy atom. The number of carbonyl (C=O) groups excluding carboxylic acids is 1. The number of thiazole rings is 1. The minimum absolute atomic E-state index is 0.0672. The summed E-state index contributed by atoms with van der Waals surface area (Å²) in [6, 6.07) is 14.0. The Labute approximate surface area is 151 Å². The van der Waals surface area contributed by atoms with Gasteiger partial charge in [-0.25, -0.2) is 4.98 Å². The molecule has 0 saturated heterocycles. The van der Waals surface area contributed by atoms with E-state index in [0.717, 1.165) is 46.2 Å². The summed E-state index contributed by atoms with van der Waals surface area (Å²) in [5, 5.41) is 6.03. The zero-order valence-corrected chi connectivity index (χ0v) is 15.1. The summed E-state index contributed by atoms with van der Waals surface area (Å²) in [5.74, 6) is 0.0672. The zero-order chi connectivity index (χ0) is 17.4. The smallest absolute Gasteiger partial charge is 0.258 e. The molecule has 1 aliphatic rings. The largest absolute Gasteiger partial charge is 0.365 e. The van der Waals surface area contributed by atoms with E-state index in [1.807, 2.05) is 55.3 Å². The average molecular weight is 349 g/mol. The maximum atomic E-state index is 12.8. The Balaban J connectivity index is 1.62. The van der Waals surface area contributed by atoms with Gasteiger partial charge >= 0.3 is 0 Å². The Morgan fingerprint density at radius 2 is 2.00 bits per heavy atom. The van der Waals surface area contributed by atoms with E-state index in [0.29, 0.717) is 0 Å². The van der Waals surface area contributed by atoms with Crippen molar-refractivity contribution < 1.29 is 4.79 Å². The Morgan fingerprint density at radius 1 is 1.20 bits per heavy atom. The summed E-state index contributed by atoms with van der Waals surface area (Å²) in [7, 11) is 1.87. The van der Waals surface area contributed by atoms with Crippen LogP contribution in [0.4, 0.5) is 10.8 Å². The number of rotatable bonds is 3. The first-order chi connectivity index (χ1) is 12.2. The second-order valence-electron chi connectivity index (χ2n) is 6.20. The van der Waals surface area contributed by atoms with Gasteiger partial charge in [0.1, 0.15) is 0 Å². The number of fused-ring (bicyclic) bond motifs is 1. The number of aromatic nitrogens is 1. The van der Waals surface area contributed by atoms with Gasteiger partial charge in [-0.05, 0) is 43.2 Å². The van der Waals surface area contributed by atoms with Crippen LogP contribution in [0.3, 0.4) is 0 Å². The molecule has 0 aliphatic carbocycles. The van der Waals surface area contributed by atoms with E-state index in [-0.39, 0.29) is 5.91 Å². The van der Waals surface area contributed by atoms with E-state index in [4.69, 9.17) is 0 Å². The molecular formula is C20H19N3OS. The first kappa shape index (κ1) is 15.8. The van der Waals surface area contributed by atoms with Gasteiger partial charge in [0.25, 0.3) is 5.91 Å². The molecule has 0 fully saturated rings. The highest BCUT2D eigenvalue weighted by molar-refractivity contribution is 7.14. The molecular weight excluding hydrogens is 330 g/mol. The SMILES string of the molecule is CNc1nc(-c2ccc3c(c2)CCN3C(=O)c2ccc(C)cc2)cs1. The summed E-state index contributed by atoms with van der Waals surface area (Å²) in [4.78, 5) is 19.3. The predicted octanol–water partition coefficient (Wildman–Crippen LogP) is 4.36. The summed E-state index contributed by atoms with van der Waals surface area (Å²) in [6.45, 7) is 2.75. The molecule has 4 nitrogen and oxygen atoms in total. The third-order valence-corrected chi connectivity index (χ3v) is 5.39. The standard InChI is InChI=1S/C20H19N3OS/c1-13-3-5-14(6-4-13)19(24)23-10-9-16-11-15(7-8-18(16)23)17-12-25-20(21-2)22-17/h3-8,11-12H,9-10H2,1-2H3,(H,21,22). The molecule has 1 aromatic heterocycles. The fraction of sp³-hybridized carbons (Fsp3) is 0.200. The van der Waals surface area contributed by atoms with Gasteiger partial charge in [0.05, 0.1) is 5.69 Å². The van der Waals surface area contributed by atoms with Crippen LogP contribution in [0.5, 0.6) is 0 Å². The van der Waals surface area contributed by atoms with Crippen molar-refractivity contribution >= 4 is 28.1 Å². The number of nitrogens with zero attached hydrogens (tertiary/aromatic N) is 2. The number of amides is 1. The van der Waals surface area contributed by atoms with Crippen LogP contribution in [0.1, 0.15) is 21.5 Å². The van der Waals surface area contributed by atoms with Crippen LogP contribution in [0.15, 0.2) is 47.8 Å². The average Bonchev–Trinajstić information content (AvgIpc) is 3.28. The topological polar surface area (TPSA) is 45.2 Å². The predicted molar refractivity (Wildman–Crippen MR) is 104 cm³/mol. The number of anilines is 2. The molecule has 2 aromatic carbocycles. The number of hydrogen-bond donors (Lipinski definition) is 1. The number of nitrogens with one attached hydrogen (secondary N) is 1. The minimum atomic E-state index is 0.0672. The highest BCUT2D eigenvalue weighted by atomic mass is 32.1. The van der Waals surface area contributed by atoms with Crippen molar-refractivity contribution in [2.24, 2.45) is 0 Å². The molecule has 25 heavy (non-hydrogen) atoms. The highest BCUT2D eigenvalue weighted by Gasteiger charge is 2.26. The van der Waals surface area contributed by atoms with Crippen molar-refractivity contribution in [3.05, 3.63) is 64.5 Å². The molecule has 0 radical (unpaired) electrons. The van der Waals surface area contributed by atoms with E-state index in [1.54, 1.807) is 11.3 Å². The minimum Gasteiger partial charge on any atom is -0.365 e. The molecule has 4 rings (SSSR count). The van der Waals surface area contributed by atoms with Crippen molar-refractivity contribution in [2.45, 2.75) is 13.3 Å². The normalized spacial score (nSPS) is 13.0. The van der Waals surface area contributed by atoms with Crippen molar-refractivity contribution in [3.63, 3.8) is 0 Å². The van der Waals surface area contributed by atoms with Gasteiger partial charge in [-0.3, -0.25) is 4.79 Å². The number of benzene rings is 2. The molecule has 0 bridgehead atoms. The van der Waals surface area contributed by atoms with Crippen LogP contribution in [-0.2, 0) is 6.42 Å². The lowest BCUT2D eigenvalue weighted by atomic mass is 10.1. The summed E-state index contributed by atoms with van der Waals surface area (Å²) < 4.78 is 0. The van der Waals surface area contributed by atoms with E-state index < -0.39 is 0 Å². The van der Waals surface area contributed by atoms with Gasteiger partial charge in [0, 0.05) is 35.8 Å². The van der Waals surface area contributed by atoms with E-state index in [2.05, 4.69) is 21.7 Å². The molecule has 5 heteroatoms. The quantitative estimate of drug-likeness (QED) is 0.764. The Bertz CT molecular complexity index is 930. The van der Waals surface area contributed by atoms with Gasteiger partial charge in [0.15, 0.2) is 5.13 Å². The fourth-order valence-corrected chi connectivity index (χ4v) is 3.83. The van der Waals surface area contributed by atoms with Crippen LogP contribution in [-0.4, -0.2) is 24.5 Å². The number of aryl methyl sites for hydroxylation is 1. The summed E-state index contributed by atoms with van der Waals surface area (Å²) >= 11 is 1.59. The van der Waals surface area contributed by atoms with Gasteiger partial charge in [0.2, 0.25) is 0 Å². The first-order valence-electron chi connectivity index (χ1n) is 8.31. The molecule has 3 aromatic rings. The molecule has 1 amide bonds. The lowest BCUT2D eigenvalue weighted by Crippen LogP contribution is -2.28. The Kier molecular flexibility index (Phi) is 4.01. The molecule has 126 valence electrons. The van der Waals surface area contributed by atoms with Crippen LogP contribution >= 0.6 is 11.3 Å². The van der Waals surface area contributed by atoms with Crippen LogP contribution < -0.4 is 10.2 Å². The van der Waals surface area contributed by atoms with Crippen molar-refractivity contribution in [1.82, 2.24) is 4.98 Å². The van der Waals surface area contributed by atoms with Gasteiger partial charge in [-0.15, -0.1) is 11.3 Å². The van der Waals surface area contributed by atoms with Gasteiger partial charge in [-0.2, -0.15) is 0 Å². The van der Waals surface area contributed by atoms with E-state index in [9.17, 15) is 4.79 Å². The lowest BCUT2D eigenvalue weighted by molar-refractivity contribution is 0.0989. The van der Waals surface area contributed by atoms with Crippen molar-refractivity contribution in [1.29, 1.82) is 0 Å². The van der Waals surface area contributed by atoms with Crippen molar-refractivity contribution in [3.8, 4) is 11.3 Å². The van der Waals surface area contributed by atoms with Crippen LogP contribution in [0, 0.1) is 6.92 Å². The highest BCUT2D eigenvalue weighted by Crippen LogP contribution is 2.34. The van der Waals surface area contributed by atoms with E-state index in [1.165, 1.54) is 5.56 Å². The van der Waals surface area contributed by atoms with Gasteiger partial charge in [-0.1, -0.05) is 23.8 Å².